The van der Waals surface area contributed by atoms with Crippen molar-refractivity contribution >= 4 is 5.78 Å². The molecule has 0 aromatic rings. The highest BCUT2D eigenvalue weighted by atomic mass is 16.7. The highest BCUT2D eigenvalue weighted by Crippen LogP contribution is 2.19. The van der Waals surface area contributed by atoms with E-state index in [1.54, 1.807) is 0 Å². The van der Waals surface area contributed by atoms with E-state index in [1.165, 1.54) is 6.92 Å². The minimum atomic E-state index is -1.02. The Morgan fingerprint density at radius 2 is 2.13 bits per heavy atom. The first-order chi connectivity index (χ1) is 10.9. The van der Waals surface area contributed by atoms with Crippen molar-refractivity contribution in [2.45, 2.75) is 89.8 Å². The Kier molecular flexibility index (Phi) is 9.28. The number of rotatable bonds is 11. The van der Waals surface area contributed by atoms with Crippen molar-refractivity contribution in [3.8, 4) is 0 Å². The molecule has 134 valence electrons. The molecule has 0 amide bonds. The van der Waals surface area contributed by atoms with Crippen molar-refractivity contribution in [2.75, 3.05) is 6.61 Å². The third kappa shape index (κ3) is 8.39. The number of nitrogens with zero attached hydrogens (tertiary/aromatic N) is 1. The van der Waals surface area contributed by atoms with Gasteiger partial charge in [0.2, 0.25) is 6.04 Å². The Hall–Kier alpha value is -1.05. The maximum Gasteiger partial charge on any atom is 0.238 e. The smallest absolute Gasteiger partial charge is 0.238 e. The van der Waals surface area contributed by atoms with Crippen LogP contribution in [0.5, 0.6) is 0 Å². The summed E-state index contributed by atoms with van der Waals surface area (Å²) in [6.07, 6.45) is 3.49. The minimum absolute atomic E-state index is 0.0103. The monoisotopic (exact) mass is 331 g/mol. The van der Waals surface area contributed by atoms with Crippen molar-refractivity contribution in [3.63, 3.8) is 0 Å². The van der Waals surface area contributed by atoms with Gasteiger partial charge in [-0.1, -0.05) is 0 Å². The van der Waals surface area contributed by atoms with Gasteiger partial charge in [0.25, 0.3) is 0 Å². The van der Waals surface area contributed by atoms with Gasteiger partial charge in [0.05, 0.1) is 6.10 Å². The SMILES string of the molecule is CC(=O)CCCC(C(O)CCC(C)OC1CCCCO1)[N+](=O)[O-]. The molecule has 0 radical (unpaired) electrons. The third-order valence-electron chi connectivity index (χ3n) is 4.13. The fraction of sp³-hybridized carbons (Fsp3) is 0.938. The van der Waals surface area contributed by atoms with Gasteiger partial charge in [-0.25, -0.2) is 0 Å². The summed E-state index contributed by atoms with van der Waals surface area (Å²) >= 11 is 0. The summed E-state index contributed by atoms with van der Waals surface area (Å²) in [5.41, 5.74) is 0. The molecule has 1 aliphatic heterocycles. The van der Waals surface area contributed by atoms with Crippen molar-refractivity contribution in [2.24, 2.45) is 0 Å². The number of carbonyl (C=O) groups is 1. The first-order valence-electron chi connectivity index (χ1n) is 8.48. The summed E-state index contributed by atoms with van der Waals surface area (Å²) in [7, 11) is 0. The zero-order valence-corrected chi connectivity index (χ0v) is 14.1. The molecule has 7 heteroatoms. The van der Waals surface area contributed by atoms with Crippen molar-refractivity contribution in [1.29, 1.82) is 0 Å². The number of hydrogen-bond acceptors (Lipinski definition) is 6. The number of ketones is 1. The molecule has 1 saturated heterocycles. The molecule has 1 aliphatic rings. The van der Waals surface area contributed by atoms with E-state index < -0.39 is 17.1 Å². The normalized spacial score (nSPS) is 22.3. The zero-order valence-electron chi connectivity index (χ0n) is 14.1. The standard InChI is InChI=1S/C16H29NO6/c1-12(18)6-5-7-14(17(20)21)15(19)10-9-13(2)23-16-8-3-4-11-22-16/h13-16,19H,3-11H2,1-2H3. The van der Waals surface area contributed by atoms with Gasteiger partial charge < -0.3 is 19.4 Å². The van der Waals surface area contributed by atoms with E-state index in [-0.39, 0.29) is 24.6 Å². The first-order valence-corrected chi connectivity index (χ1v) is 8.48. The van der Waals surface area contributed by atoms with Crippen LogP contribution >= 0.6 is 0 Å². The van der Waals surface area contributed by atoms with E-state index in [4.69, 9.17) is 9.47 Å². The lowest BCUT2D eigenvalue weighted by atomic mass is 9.99. The number of aliphatic hydroxyl groups excluding tert-OH is 1. The van der Waals surface area contributed by atoms with Gasteiger partial charge in [0, 0.05) is 24.4 Å². The van der Waals surface area contributed by atoms with Crippen LogP contribution in [0.1, 0.15) is 65.2 Å². The predicted octanol–water partition coefficient (Wildman–Crippen LogP) is 2.46. The average Bonchev–Trinajstić information content (AvgIpc) is 2.49. The molecule has 0 spiro atoms. The number of Topliss-reactive ketones (excluding diaryl/α,β-unsaturated/α-hetero) is 1. The molecule has 0 aliphatic carbocycles. The number of aliphatic hydroxyl groups is 1. The Morgan fingerprint density at radius 1 is 1.39 bits per heavy atom. The van der Waals surface area contributed by atoms with E-state index in [2.05, 4.69) is 0 Å². The summed E-state index contributed by atoms with van der Waals surface area (Å²) < 4.78 is 11.2. The lowest BCUT2D eigenvalue weighted by Crippen LogP contribution is -2.35. The third-order valence-corrected chi connectivity index (χ3v) is 4.13. The molecule has 23 heavy (non-hydrogen) atoms. The molecule has 7 nitrogen and oxygen atoms in total. The summed E-state index contributed by atoms with van der Waals surface area (Å²) in [4.78, 5) is 21.6. The predicted molar refractivity (Wildman–Crippen MR) is 84.7 cm³/mol. The van der Waals surface area contributed by atoms with E-state index in [0.29, 0.717) is 32.3 Å². The molecule has 0 aromatic heterocycles. The van der Waals surface area contributed by atoms with Gasteiger partial charge in [0.1, 0.15) is 11.9 Å². The average molecular weight is 331 g/mol. The van der Waals surface area contributed by atoms with Crippen LogP contribution in [0.15, 0.2) is 0 Å². The van der Waals surface area contributed by atoms with Crippen LogP contribution in [-0.2, 0) is 14.3 Å². The van der Waals surface area contributed by atoms with Gasteiger partial charge in [-0.3, -0.25) is 10.1 Å². The van der Waals surface area contributed by atoms with Gasteiger partial charge in [-0.15, -0.1) is 0 Å². The zero-order chi connectivity index (χ0) is 17.2. The maximum absolute atomic E-state index is 11.1. The number of carbonyl (C=O) groups excluding carboxylic acids is 1. The van der Waals surface area contributed by atoms with Gasteiger partial charge >= 0.3 is 0 Å². The lowest BCUT2D eigenvalue weighted by molar-refractivity contribution is -0.535. The number of ether oxygens (including phenoxy) is 2. The Bertz CT molecular complexity index is 370. The highest BCUT2D eigenvalue weighted by Gasteiger charge is 2.30. The summed E-state index contributed by atoms with van der Waals surface area (Å²) in [5, 5.41) is 21.2. The molecule has 4 atom stereocenters. The van der Waals surface area contributed by atoms with Gasteiger partial charge in [0.15, 0.2) is 6.29 Å². The summed E-state index contributed by atoms with van der Waals surface area (Å²) in [5.74, 6) is 0.0103. The maximum atomic E-state index is 11.1. The molecular weight excluding hydrogens is 302 g/mol. The van der Waals surface area contributed by atoms with Crippen LogP contribution in [0, 0.1) is 10.1 Å². The van der Waals surface area contributed by atoms with E-state index in [9.17, 15) is 20.0 Å². The lowest BCUT2D eigenvalue weighted by Gasteiger charge is -2.26. The van der Waals surface area contributed by atoms with Crippen LogP contribution < -0.4 is 0 Å². The van der Waals surface area contributed by atoms with Crippen molar-refractivity contribution in [3.05, 3.63) is 10.1 Å². The minimum Gasteiger partial charge on any atom is -0.386 e. The summed E-state index contributed by atoms with van der Waals surface area (Å²) in [6, 6.07) is -1.02. The number of nitro groups is 1. The Morgan fingerprint density at radius 3 is 2.70 bits per heavy atom. The Balaban J connectivity index is 2.31. The van der Waals surface area contributed by atoms with Crippen LogP contribution in [0.4, 0.5) is 0 Å². The molecule has 4 unspecified atom stereocenters. The van der Waals surface area contributed by atoms with Crippen molar-refractivity contribution in [1.82, 2.24) is 0 Å². The number of hydrogen-bond donors (Lipinski definition) is 1. The van der Waals surface area contributed by atoms with E-state index in [1.807, 2.05) is 6.92 Å². The molecule has 1 fully saturated rings. The van der Waals surface area contributed by atoms with Crippen molar-refractivity contribution < 1.29 is 24.3 Å². The largest absolute Gasteiger partial charge is 0.386 e. The van der Waals surface area contributed by atoms with Crippen LogP contribution in [0.2, 0.25) is 0 Å². The topological polar surface area (TPSA) is 98.9 Å². The second kappa shape index (κ2) is 10.7. The molecular formula is C16H29NO6. The van der Waals surface area contributed by atoms with Crippen LogP contribution in [0.3, 0.4) is 0 Å². The Labute approximate surface area is 137 Å². The fourth-order valence-electron chi connectivity index (χ4n) is 2.74. The molecule has 1 heterocycles. The van der Waals surface area contributed by atoms with Gasteiger partial charge in [-0.2, -0.15) is 0 Å². The van der Waals surface area contributed by atoms with Crippen LogP contribution in [0.25, 0.3) is 0 Å². The van der Waals surface area contributed by atoms with E-state index >= 15 is 0 Å². The molecule has 0 saturated carbocycles. The highest BCUT2D eigenvalue weighted by molar-refractivity contribution is 5.75. The van der Waals surface area contributed by atoms with Crippen LogP contribution in [-0.4, -0.2) is 47.0 Å². The molecule has 1 N–H and O–H groups in total. The molecule has 0 aromatic carbocycles. The fourth-order valence-corrected chi connectivity index (χ4v) is 2.74. The quantitative estimate of drug-likeness (QED) is 0.461. The second-order valence-corrected chi connectivity index (χ2v) is 6.33. The molecule has 1 rings (SSSR count). The second-order valence-electron chi connectivity index (χ2n) is 6.33. The van der Waals surface area contributed by atoms with Gasteiger partial charge in [-0.05, 0) is 52.4 Å². The van der Waals surface area contributed by atoms with E-state index in [0.717, 1.165) is 19.3 Å². The first kappa shape index (κ1) is 20.0. The summed E-state index contributed by atoms with van der Waals surface area (Å²) in [6.45, 7) is 4.06. The molecule has 0 bridgehead atoms.